The molecule has 6 heteroatoms. The Kier molecular flexibility index (Phi) is 4.19. The molecule has 0 bridgehead atoms. The van der Waals surface area contributed by atoms with Crippen LogP contribution in [0.1, 0.15) is 32.0 Å². The number of esters is 1. The van der Waals surface area contributed by atoms with Gasteiger partial charge in [0.2, 0.25) is 0 Å². The lowest BCUT2D eigenvalue weighted by Gasteiger charge is -2.10. The van der Waals surface area contributed by atoms with Gasteiger partial charge in [0.1, 0.15) is 5.56 Å². The number of phenolic OH excluding ortho intramolecular Hbond substituents is 1. The summed E-state index contributed by atoms with van der Waals surface area (Å²) in [5.74, 6) is -1.37. The minimum atomic E-state index is -0.673. The first-order chi connectivity index (χ1) is 11.9. The van der Waals surface area contributed by atoms with Crippen LogP contribution in [0.3, 0.4) is 0 Å². The van der Waals surface area contributed by atoms with Gasteiger partial charge in [-0.15, -0.1) is 0 Å². The molecule has 2 aromatic carbocycles. The van der Waals surface area contributed by atoms with Gasteiger partial charge in [0.15, 0.2) is 5.75 Å². The Bertz CT molecular complexity index is 988. The standard InChI is InChI=1S/C19H18N2O4/c1-10-11(2)20-15-8-7-12(9-14(10)15)18(23)21-16-6-4-5-13(17(16)22)19(24)25-3/h4-9,20,22H,1-3H3,(H,21,23). The molecule has 0 saturated heterocycles. The fraction of sp³-hybridized carbons (Fsp3) is 0.158. The number of hydrogen-bond donors (Lipinski definition) is 3. The molecule has 0 aliphatic heterocycles. The van der Waals surface area contributed by atoms with Crippen molar-refractivity contribution in [1.82, 2.24) is 4.98 Å². The van der Waals surface area contributed by atoms with Crippen LogP contribution in [-0.2, 0) is 4.74 Å². The number of H-pyrrole nitrogens is 1. The SMILES string of the molecule is COC(=O)c1cccc(NC(=O)c2ccc3[nH]c(C)c(C)c3c2)c1O. The summed E-state index contributed by atoms with van der Waals surface area (Å²) >= 11 is 0. The van der Waals surface area contributed by atoms with E-state index < -0.39 is 5.97 Å². The largest absolute Gasteiger partial charge is 0.505 e. The number of aromatic amines is 1. The molecule has 0 spiro atoms. The molecule has 25 heavy (non-hydrogen) atoms. The summed E-state index contributed by atoms with van der Waals surface area (Å²) in [6.45, 7) is 3.97. The molecule has 3 rings (SSSR count). The number of aromatic nitrogens is 1. The Morgan fingerprint density at radius 3 is 2.64 bits per heavy atom. The maximum Gasteiger partial charge on any atom is 0.341 e. The Labute approximate surface area is 144 Å². The van der Waals surface area contributed by atoms with Crippen molar-refractivity contribution >= 4 is 28.5 Å². The number of ether oxygens (including phenoxy) is 1. The number of aromatic hydroxyl groups is 1. The number of hydrogen-bond acceptors (Lipinski definition) is 4. The van der Waals surface area contributed by atoms with Crippen molar-refractivity contribution in [1.29, 1.82) is 0 Å². The quantitative estimate of drug-likeness (QED) is 0.503. The van der Waals surface area contributed by atoms with Crippen LogP contribution in [0.15, 0.2) is 36.4 Å². The zero-order valence-corrected chi connectivity index (χ0v) is 14.1. The van der Waals surface area contributed by atoms with E-state index in [4.69, 9.17) is 0 Å². The third-order valence-electron chi connectivity index (χ3n) is 4.26. The molecule has 6 nitrogen and oxygen atoms in total. The van der Waals surface area contributed by atoms with Gasteiger partial charge in [0.25, 0.3) is 5.91 Å². The van der Waals surface area contributed by atoms with E-state index in [9.17, 15) is 14.7 Å². The summed E-state index contributed by atoms with van der Waals surface area (Å²) < 4.78 is 4.61. The lowest BCUT2D eigenvalue weighted by atomic mass is 10.1. The van der Waals surface area contributed by atoms with Crippen LogP contribution in [0.5, 0.6) is 5.75 Å². The summed E-state index contributed by atoms with van der Waals surface area (Å²) in [7, 11) is 1.23. The number of carbonyl (C=O) groups is 2. The monoisotopic (exact) mass is 338 g/mol. The third kappa shape index (κ3) is 2.94. The number of amides is 1. The minimum absolute atomic E-state index is 0.00661. The number of aryl methyl sites for hydroxylation is 2. The van der Waals surface area contributed by atoms with Gasteiger partial charge < -0.3 is 20.1 Å². The van der Waals surface area contributed by atoms with Gasteiger partial charge >= 0.3 is 5.97 Å². The van der Waals surface area contributed by atoms with Crippen molar-refractivity contribution in [3.8, 4) is 5.75 Å². The predicted octanol–water partition coefficient (Wildman–Crippen LogP) is 3.53. The van der Waals surface area contributed by atoms with E-state index in [2.05, 4.69) is 15.0 Å². The lowest BCUT2D eigenvalue weighted by Crippen LogP contribution is -2.13. The molecule has 0 saturated carbocycles. The topological polar surface area (TPSA) is 91.4 Å². The number of carbonyl (C=O) groups excluding carboxylic acids is 2. The molecule has 3 N–H and O–H groups in total. The molecule has 0 atom stereocenters. The number of rotatable bonds is 3. The molecule has 3 aromatic rings. The number of benzene rings is 2. The van der Waals surface area contributed by atoms with Gasteiger partial charge in [-0.1, -0.05) is 6.07 Å². The summed E-state index contributed by atoms with van der Waals surface area (Å²) in [6, 6.07) is 9.84. The number of methoxy groups -OCH3 is 1. The molecule has 1 heterocycles. The second kappa shape index (κ2) is 6.32. The Balaban J connectivity index is 1.93. The summed E-state index contributed by atoms with van der Waals surface area (Å²) in [6.07, 6.45) is 0. The van der Waals surface area contributed by atoms with Crippen LogP contribution in [0.4, 0.5) is 5.69 Å². The first kappa shape index (κ1) is 16.6. The number of para-hydroxylation sites is 1. The zero-order valence-electron chi connectivity index (χ0n) is 14.1. The molecule has 1 aromatic heterocycles. The van der Waals surface area contributed by atoms with Gasteiger partial charge in [-0.05, 0) is 49.7 Å². The maximum atomic E-state index is 12.5. The van der Waals surface area contributed by atoms with E-state index in [-0.39, 0.29) is 22.9 Å². The second-order valence-electron chi connectivity index (χ2n) is 5.78. The van der Waals surface area contributed by atoms with E-state index in [0.29, 0.717) is 5.56 Å². The highest BCUT2D eigenvalue weighted by Crippen LogP contribution is 2.29. The molecular formula is C19H18N2O4. The molecule has 1 amide bonds. The molecule has 0 aliphatic carbocycles. The van der Waals surface area contributed by atoms with E-state index in [0.717, 1.165) is 22.2 Å². The molecule has 0 radical (unpaired) electrons. The molecule has 128 valence electrons. The van der Waals surface area contributed by atoms with Crippen molar-refractivity contribution in [2.75, 3.05) is 12.4 Å². The first-order valence-corrected chi connectivity index (χ1v) is 7.73. The smallest absolute Gasteiger partial charge is 0.341 e. The number of phenols is 1. The number of fused-ring (bicyclic) bond motifs is 1. The van der Waals surface area contributed by atoms with Crippen molar-refractivity contribution in [2.45, 2.75) is 13.8 Å². The van der Waals surface area contributed by atoms with Crippen molar-refractivity contribution in [2.24, 2.45) is 0 Å². The number of nitrogens with one attached hydrogen (secondary N) is 2. The minimum Gasteiger partial charge on any atom is -0.505 e. The zero-order chi connectivity index (χ0) is 18.1. The fourth-order valence-electron chi connectivity index (χ4n) is 2.72. The molecular weight excluding hydrogens is 320 g/mol. The number of anilines is 1. The Hall–Kier alpha value is -3.28. The van der Waals surface area contributed by atoms with Crippen LogP contribution in [-0.4, -0.2) is 29.1 Å². The van der Waals surface area contributed by atoms with E-state index in [1.165, 1.54) is 19.2 Å². The molecule has 0 unspecified atom stereocenters. The average Bonchev–Trinajstić information content (AvgIpc) is 2.90. The molecule has 0 aliphatic rings. The maximum absolute atomic E-state index is 12.5. The molecule has 0 fully saturated rings. The average molecular weight is 338 g/mol. The highest BCUT2D eigenvalue weighted by Gasteiger charge is 2.17. The summed E-state index contributed by atoms with van der Waals surface area (Å²) in [4.78, 5) is 27.4. The lowest BCUT2D eigenvalue weighted by molar-refractivity contribution is 0.0597. The summed E-state index contributed by atoms with van der Waals surface area (Å²) in [5.41, 5.74) is 3.69. The van der Waals surface area contributed by atoms with Gasteiger partial charge in [-0.2, -0.15) is 0 Å². The Morgan fingerprint density at radius 1 is 1.16 bits per heavy atom. The Morgan fingerprint density at radius 2 is 1.92 bits per heavy atom. The van der Waals surface area contributed by atoms with Crippen molar-refractivity contribution in [3.63, 3.8) is 0 Å². The van der Waals surface area contributed by atoms with Crippen LogP contribution >= 0.6 is 0 Å². The van der Waals surface area contributed by atoms with Crippen LogP contribution in [0.25, 0.3) is 10.9 Å². The van der Waals surface area contributed by atoms with Gasteiger partial charge in [0, 0.05) is 22.2 Å². The second-order valence-corrected chi connectivity index (χ2v) is 5.78. The highest BCUT2D eigenvalue weighted by atomic mass is 16.5. The van der Waals surface area contributed by atoms with Crippen LogP contribution in [0, 0.1) is 13.8 Å². The van der Waals surface area contributed by atoms with Crippen molar-refractivity contribution in [3.05, 3.63) is 58.8 Å². The fourth-order valence-corrected chi connectivity index (χ4v) is 2.72. The van der Waals surface area contributed by atoms with Crippen LogP contribution < -0.4 is 5.32 Å². The van der Waals surface area contributed by atoms with E-state index in [1.807, 2.05) is 19.9 Å². The van der Waals surface area contributed by atoms with Gasteiger partial charge in [-0.3, -0.25) is 4.79 Å². The predicted molar refractivity (Wildman–Crippen MR) is 95.2 cm³/mol. The first-order valence-electron chi connectivity index (χ1n) is 7.73. The van der Waals surface area contributed by atoms with E-state index in [1.54, 1.807) is 18.2 Å². The van der Waals surface area contributed by atoms with Gasteiger partial charge in [-0.25, -0.2) is 4.79 Å². The highest BCUT2D eigenvalue weighted by molar-refractivity contribution is 6.08. The third-order valence-corrected chi connectivity index (χ3v) is 4.26. The summed E-state index contributed by atoms with van der Waals surface area (Å²) in [5, 5.41) is 13.8. The van der Waals surface area contributed by atoms with E-state index >= 15 is 0 Å². The van der Waals surface area contributed by atoms with Crippen molar-refractivity contribution < 1.29 is 19.4 Å². The van der Waals surface area contributed by atoms with Crippen LogP contribution in [0.2, 0.25) is 0 Å². The normalized spacial score (nSPS) is 10.7. The van der Waals surface area contributed by atoms with Gasteiger partial charge in [0.05, 0.1) is 12.8 Å².